The fraction of sp³-hybridized carbons (Fsp3) is 0.364. The van der Waals surface area contributed by atoms with Crippen LogP contribution in [0.25, 0.3) is 0 Å². The molecule has 3 heteroatoms. The fourth-order valence-electron chi connectivity index (χ4n) is 1.26. The summed E-state index contributed by atoms with van der Waals surface area (Å²) in [6, 6.07) is 4.00. The van der Waals surface area contributed by atoms with Crippen LogP contribution in [0.1, 0.15) is 12.5 Å². The minimum atomic E-state index is 0.543. The molecule has 1 rings (SSSR count). The number of hydrogen-bond donors (Lipinski definition) is 1. The van der Waals surface area contributed by atoms with Gasteiger partial charge in [0, 0.05) is 25.8 Å². The van der Waals surface area contributed by atoms with Crippen LogP contribution >= 0.6 is 0 Å². The van der Waals surface area contributed by atoms with Gasteiger partial charge in [0.05, 0.1) is 0 Å². The Hall–Kier alpha value is -1.35. The molecule has 76 valence electrons. The molecule has 0 unspecified atom stereocenters. The molecule has 1 aromatic rings. The summed E-state index contributed by atoms with van der Waals surface area (Å²) in [6.07, 6.45) is 3.70. The maximum atomic E-state index is 5.50. The van der Waals surface area contributed by atoms with Crippen molar-refractivity contribution in [3.8, 4) is 0 Å². The van der Waals surface area contributed by atoms with Gasteiger partial charge in [-0.3, -0.25) is 0 Å². The van der Waals surface area contributed by atoms with Crippen molar-refractivity contribution in [2.75, 3.05) is 18.0 Å². The van der Waals surface area contributed by atoms with Gasteiger partial charge in [0.15, 0.2) is 0 Å². The van der Waals surface area contributed by atoms with Gasteiger partial charge in [-0.05, 0) is 18.6 Å². The number of aromatic nitrogens is 1. The third-order valence-electron chi connectivity index (χ3n) is 2.10. The zero-order valence-electron chi connectivity index (χ0n) is 8.61. The number of anilines is 1. The summed E-state index contributed by atoms with van der Waals surface area (Å²) in [5.74, 6) is 0.976. The zero-order chi connectivity index (χ0) is 10.4. The molecule has 0 fully saturated rings. The van der Waals surface area contributed by atoms with Crippen molar-refractivity contribution in [3.63, 3.8) is 0 Å². The average Bonchev–Trinajstić information content (AvgIpc) is 2.26. The van der Waals surface area contributed by atoms with E-state index in [1.54, 1.807) is 0 Å². The number of nitrogens with zero attached hydrogens (tertiary/aromatic N) is 2. The zero-order valence-corrected chi connectivity index (χ0v) is 8.61. The topological polar surface area (TPSA) is 42.1 Å². The van der Waals surface area contributed by atoms with Crippen molar-refractivity contribution >= 4 is 5.82 Å². The van der Waals surface area contributed by atoms with E-state index in [2.05, 4.69) is 23.4 Å². The van der Waals surface area contributed by atoms with Crippen molar-refractivity contribution in [3.05, 3.63) is 36.5 Å². The number of likely N-dealkylation sites (N-methyl/N-ethyl adjacent to an activating group) is 1. The van der Waals surface area contributed by atoms with Gasteiger partial charge in [-0.1, -0.05) is 12.1 Å². The average molecular weight is 191 g/mol. The highest BCUT2D eigenvalue weighted by Crippen LogP contribution is 2.10. The second kappa shape index (κ2) is 5.40. The van der Waals surface area contributed by atoms with Crippen LogP contribution in [0.4, 0.5) is 5.82 Å². The third kappa shape index (κ3) is 2.57. The lowest BCUT2D eigenvalue weighted by atomic mass is 10.3. The molecule has 0 spiro atoms. The van der Waals surface area contributed by atoms with Crippen LogP contribution in [-0.4, -0.2) is 18.1 Å². The molecule has 2 N–H and O–H groups in total. The normalized spacial score (nSPS) is 9.86. The molecule has 0 aromatic carbocycles. The van der Waals surface area contributed by atoms with Crippen molar-refractivity contribution < 1.29 is 0 Å². The Balaban J connectivity index is 2.77. The van der Waals surface area contributed by atoms with Gasteiger partial charge in [-0.25, -0.2) is 4.98 Å². The highest BCUT2D eigenvalue weighted by Gasteiger charge is 2.02. The van der Waals surface area contributed by atoms with E-state index in [1.165, 1.54) is 0 Å². The Labute approximate surface area is 85.3 Å². The Morgan fingerprint density at radius 3 is 2.79 bits per heavy atom. The van der Waals surface area contributed by atoms with Gasteiger partial charge in [-0.15, -0.1) is 6.58 Å². The Morgan fingerprint density at radius 1 is 1.57 bits per heavy atom. The lowest BCUT2D eigenvalue weighted by molar-refractivity contribution is 0.879. The second-order valence-electron chi connectivity index (χ2n) is 3.06. The standard InChI is InChI=1S/C11H17N3/c1-3-7-14(4-2)11-6-5-10(8-12)9-13-11/h3,5-6,9H,1,4,7-8,12H2,2H3. The molecule has 0 bridgehead atoms. The van der Waals surface area contributed by atoms with E-state index in [0.29, 0.717) is 6.54 Å². The van der Waals surface area contributed by atoms with Gasteiger partial charge in [-0.2, -0.15) is 0 Å². The summed E-state index contributed by atoms with van der Waals surface area (Å²) in [7, 11) is 0. The number of pyridine rings is 1. The summed E-state index contributed by atoms with van der Waals surface area (Å²) in [5.41, 5.74) is 6.56. The van der Waals surface area contributed by atoms with Gasteiger partial charge in [0.1, 0.15) is 5.82 Å². The number of nitrogens with two attached hydrogens (primary N) is 1. The summed E-state index contributed by atoms with van der Waals surface area (Å²) in [6.45, 7) is 8.12. The molecule has 0 aliphatic rings. The molecule has 3 nitrogen and oxygen atoms in total. The second-order valence-corrected chi connectivity index (χ2v) is 3.06. The van der Waals surface area contributed by atoms with Crippen LogP contribution in [0.5, 0.6) is 0 Å². The molecule has 14 heavy (non-hydrogen) atoms. The smallest absolute Gasteiger partial charge is 0.128 e. The Bertz CT molecular complexity index is 279. The first-order chi connectivity index (χ1) is 6.81. The fourth-order valence-corrected chi connectivity index (χ4v) is 1.26. The van der Waals surface area contributed by atoms with Crippen LogP contribution in [-0.2, 0) is 6.54 Å². The molecule has 1 heterocycles. The molecule has 1 aromatic heterocycles. The monoisotopic (exact) mass is 191 g/mol. The first kappa shape index (κ1) is 10.7. The van der Waals surface area contributed by atoms with Crippen LogP contribution < -0.4 is 10.6 Å². The Kier molecular flexibility index (Phi) is 4.13. The predicted octanol–water partition coefficient (Wildman–Crippen LogP) is 1.55. The molecule has 0 radical (unpaired) electrons. The molecule has 0 saturated heterocycles. The third-order valence-corrected chi connectivity index (χ3v) is 2.10. The van der Waals surface area contributed by atoms with Crippen molar-refractivity contribution in [2.45, 2.75) is 13.5 Å². The molecular formula is C11H17N3. The van der Waals surface area contributed by atoms with E-state index in [1.807, 2.05) is 24.4 Å². The quantitative estimate of drug-likeness (QED) is 0.718. The summed E-state index contributed by atoms with van der Waals surface area (Å²) < 4.78 is 0. The molecule has 0 aliphatic heterocycles. The van der Waals surface area contributed by atoms with E-state index in [0.717, 1.165) is 24.5 Å². The summed E-state index contributed by atoms with van der Waals surface area (Å²) in [4.78, 5) is 6.48. The first-order valence-corrected chi connectivity index (χ1v) is 4.82. The maximum Gasteiger partial charge on any atom is 0.128 e. The van der Waals surface area contributed by atoms with Crippen molar-refractivity contribution in [1.29, 1.82) is 0 Å². The molecule has 0 amide bonds. The number of rotatable bonds is 5. The Morgan fingerprint density at radius 2 is 2.36 bits per heavy atom. The van der Waals surface area contributed by atoms with Crippen LogP contribution in [0.2, 0.25) is 0 Å². The first-order valence-electron chi connectivity index (χ1n) is 4.82. The van der Waals surface area contributed by atoms with Gasteiger partial charge < -0.3 is 10.6 Å². The summed E-state index contributed by atoms with van der Waals surface area (Å²) in [5, 5.41) is 0. The van der Waals surface area contributed by atoms with Crippen LogP contribution in [0, 0.1) is 0 Å². The minimum Gasteiger partial charge on any atom is -0.353 e. The lowest BCUT2D eigenvalue weighted by Crippen LogP contribution is -2.23. The highest BCUT2D eigenvalue weighted by molar-refractivity contribution is 5.39. The SMILES string of the molecule is C=CCN(CC)c1ccc(CN)cn1. The summed E-state index contributed by atoms with van der Waals surface area (Å²) >= 11 is 0. The van der Waals surface area contributed by atoms with Crippen LogP contribution in [0.15, 0.2) is 31.0 Å². The largest absolute Gasteiger partial charge is 0.353 e. The van der Waals surface area contributed by atoms with E-state index < -0.39 is 0 Å². The van der Waals surface area contributed by atoms with Crippen molar-refractivity contribution in [2.24, 2.45) is 5.73 Å². The van der Waals surface area contributed by atoms with Gasteiger partial charge in [0.25, 0.3) is 0 Å². The van der Waals surface area contributed by atoms with E-state index >= 15 is 0 Å². The lowest BCUT2D eigenvalue weighted by Gasteiger charge is -2.19. The molecule has 0 aliphatic carbocycles. The number of hydrogen-bond acceptors (Lipinski definition) is 3. The maximum absolute atomic E-state index is 5.50. The van der Waals surface area contributed by atoms with Gasteiger partial charge >= 0.3 is 0 Å². The van der Waals surface area contributed by atoms with Crippen LogP contribution in [0.3, 0.4) is 0 Å². The van der Waals surface area contributed by atoms with Crippen molar-refractivity contribution in [1.82, 2.24) is 4.98 Å². The molecule has 0 saturated carbocycles. The van der Waals surface area contributed by atoms with E-state index in [-0.39, 0.29) is 0 Å². The van der Waals surface area contributed by atoms with E-state index in [4.69, 9.17) is 5.73 Å². The van der Waals surface area contributed by atoms with Gasteiger partial charge in [0.2, 0.25) is 0 Å². The molecule has 0 atom stereocenters. The predicted molar refractivity (Wildman–Crippen MR) is 60.2 cm³/mol. The van der Waals surface area contributed by atoms with E-state index in [9.17, 15) is 0 Å². The molecular weight excluding hydrogens is 174 g/mol. The highest BCUT2D eigenvalue weighted by atomic mass is 15.2. The minimum absolute atomic E-state index is 0.543.